The van der Waals surface area contributed by atoms with Crippen LogP contribution in [0.25, 0.3) is 0 Å². The number of carbonyl (C=O) groups excluding carboxylic acids is 1. The molecule has 3 nitrogen and oxygen atoms in total. The quantitative estimate of drug-likeness (QED) is 0.709. The summed E-state index contributed by atoms with van der Waals surface area (Å²) in [6, 6.07) is 0. The zero-order chi connectivity index (χ0) is 11.0. The van der Waals surface area contributed by atoms with E-state index in [0.29, 0.717) is 0 Å². The van der Waals surface area contributed by atoms with Gasteiger partial charge in [-0.3, -0.25) is 4.79 Å². The monoisotopic (exact) mass is 264 g/mol. The third kappa shape index (κ3) is 5.60. The minimum Gasteiger partial charge on any atom is -0.354 e. The average Bonchev–Trinajstić information content (AvgIpc) is 2.22. The van der Waals surface area contributed by atoms with Crippen molar-refractivity contribution in [1.82, 2.24) is 10.2 Å². The number of halogens is 1. The van der Waals surface area contributed by atoms with Gasteiger partial charge in [-0.05, 0) is 19.5 Å². The molecule has 0 radical (unpaired) electrons. The van der Waals surface area contributed by atoms with Crippen molar-refractivity contribution in [3.05, 3.63) is 0 Å². The van der Waals surface area contributed by atoms with Gasteiger partial charge >= 0.3 is 0 Å². The Morgan fingerprint density at radius 3 is 2.36 bits per heavy atom. The fourth-order valence-corrected chi connectivity index (χ4v) is 1.34. The first-order chi connectivity index (χ1) is 6.65. The normalized spacial score (nSPS) is 12.9. The molecule has 0 spiro atoms. The molecule has 84 valence electrons. The molecular formula is C10H21BrN2O. The van der Waals surface area contributed by atoms with Crippen molar-refractivity contribution >= 4 is 21.8 Å². The third-order valence-corrected chi connectivity index (χ3v) is 3.33. The van der Waals surface area contributed by atoms with E-state index in [4.69, 9.17) is 0 Å². The topological polar surface area (TPSA) is 32.3 Å². The Kier molecular flexibility index (Phi) is 8.18. The molecule has 0 fully saturated rings. The molecule has 0 aromatic rings. The van der Waals surface area contributed by atoms with E-state index in [9.17, 15) is 4.79 Å². The molecule has 0 aliphatic rings. The lowest BCUT2D eigenvalue weighted by atomic mass is 10.3. The Hall–Kier alpha value is -0.0900. The van der Waals surface area contributed by atoms with Crippen molar-refractivity contribution in [2.75, 3.05) is 26.2 Å². The number of rotatable bonds is 7. The second-order valence-electron chi connectivity index (χ2n) is 3.19. The summed E-state index contributed by atoms with van der Waals surface area (Å²) in [6.07, 6.45) is 0.830. The first-order valence-corrected chi connectivity index (χ1v) is 6.21. The summed E-state index contributed by atoms with van der Waals surface area (Å²) >= 11 is 3.32. The summed E-state index contributed by atoms with van der Waals surface area (Å²) in [5.41, 5.74) is 0. The number of nitrogens with zero attached hydrogens (tertiary/aromatic N) is 1. The Balaban J connectivity index is 3.57. The number of likely N-dealkylation sites (N-methyl/N-ethyl adjacent to an activating group) is 1. The van der Waals surface area contributed by atoms with Crippen LogP contribution in [0.5, 0.6) is 0 Å². The molecule has 0 heterocycles. The summed E-state index contributed by atoms with van der Waals surface area (Å²) < 4.78 is 0. The maximum Gasteiger partial charge on any atom is 0.233 e. The number of alkyl halides is 1. The van der Waals surface area contributed by atoms with Gasteiger partial charge in [-0.2, -0.15) is 0 Å². The molecular weight excluding hydrogens is 244 g/mol. The van der Waals surface area contributed by atoms with Crippen LogP contribution in [0, 0.1) is 0 Å². The SMILES string of the molecule is CCC(Br)C(=O)NCCN(CC)CC. The molecule has 14 heavy (non-hydrogen) atoms. The number of carbonyl (C=O) groups is 1. The van der Waals surface area contributed by atoms with Crippen LogP contribution in [0.2, 0.25) is 0 Å². The largest absolute Gasteiger partial charge is 0.354 e. The molecule has 0 aliphatic carbocycles. The lowest BCUT2D eigenvalue weighted by Crippen LogP contribution is -2.37. The number of hydrogen-bond donors (Lipinski definition) is 1. The van der Waals surface area contributed by atoms with Crippen molar-refractivity contribution in [2.24, 2.45) is 0 Å². The molecule has 1 atom stereocenters. The zero-order valence-electron chi connectivity index (χ0n) is 9.35. The first kappa shape index (κ1) is 13.9. The Labute approximate surface area is 95.4 Å². The van der Waals surface area contributed by atoms with E-state index >= 15 is 0 Å². The van der Waals surface area contributed by atoms with E-state index < -0.39 is 0 Å². The smallest absolute Gasteiger partial charge is 0.233 e. The van der Waals surface area contributed by atoms with Crippen molar-refractivity contribution in [3.63, 3.8) is 0 Å². The number of amides is 1. The van der Waals surface area contributed by atoms with E-state index in [1.807, 2.05) is 6.92 Å². The highest BCUT2D eigenvalue weighted by molar-refractivity contribution is 9.10. The molecule has 0 saturated heterocycles. The summed E-state index contributed by atoms with van der Waals surface area (Å²) in [6.45, 7) is 10.00. The summed E-state index contributed by atoms with van der Waals surface area (Å²) in [5, 5.41) is 2.90. The predicted molar refractivity (Wildman–Crippen MR) is 63.8 cm³/mol. The Morgan fingerprint density at radius 2 is 1.93 bits per heavy atom. The van der Waals surface area contributed by atoms with Crippen LogP contribution < -0.4 is 5.32 Å². The highest BCUT2D eigenvalue weighted by Crippen LogP contribution is 2.03. The minimum absolute atomic E-state index is 0.0424. The Morgan fingerprint density at radius 1 is 1.36 bits per heavy atom. The van der Waals surface area contributed by atoms with Gasteiger partial charge < -0.3 is 10.2 Å². The van der Waals surface area contributed by atoms with E-state index in [-0.39, 0.29) is 10.7 Å². The first-order valence-electron chi connectivity index (χ1n) is 5.29. The van der Waals surface area contributed by atoms with Crippen LogP contribution in [0.15, 0.2) is 0 Å². The van der Waals surface area contributed by atoms with Crippen LogP contribution >= 0.6 is 15.9 Å². The average molecular weight is 265 g/mol. The van der Waals surface area contributed by atoms with Gasteiger partial charge in [0.2, 0.25) is 5.91 Å². The van der Waals surface area contributed by atoms with Crippen LogP contribution in [-0.2, 0) is 4.79 Å². The second-order valence-corrected chi connectivity index (χ2v) is 4.30. The van der Waals surface area contributed by atoms with Crippen LogP contribution in [-0.4, -0.2) is 41.8 Å². The van der Waals surface area contributed by atoms with Gasteiger partial charge in [-0.1, -0.05) is 36.7 Å². The highest BCUT2D eigenvalue weighted by atomic mass is 79.9. The van der Waals surface area contributed by atoms with Crippen molar-refractivity contribution < 1.29 is 4.79 Å². The molecule has 0 aromatic carbocycles. The van der Waals surface area contributed by atoms with E-state index in [1.54, 1.807) is 0 Å². The molecule has 4 heteroatoms. The van der Waals surface area contributed by atoms with Gasteiger partial charge in [0.1, 0.15) is 0 Å². The van der Waals surface area contributed by atoms with Crippen LogP contribution in [0.3, 0.4) is 0 Å². The lowest BCUT2D eigenvalue weighted by Gasteiger charge is -2.18. The van der Waals surface area contributed by atoms with Crippen LogP contribution in [0.4, 0.5) is 0 Å². The third-order valence-electron chi connectivity index (χ3n) is 2.26. The second kappa shape index (κ2) is 8.24. The van der Waals surface area contributed by atoms with Gasteiger partial charge in [-0.15, -0.1) is 0 Å². The van der Waals surface area contributed by atoms with Gasteiger partial charge in [0.05, 0.1) is 4.83 Å². The maximum atomic E-state index is 11.4. The molecule has 0 aromatic heterocycles. The van der Waals surface area contributed by atoms with Gasteiger partial charge in [0.25, 0.3) is 0 Å². The van der Waals surface area contributed by atoms with E-state index in [0.717, 1.165) is 32.6 Å². The fourth-order valence-electron chi connectivity index (χ4n) is 1.17. The predicted octanol–water partition coefficient (Wildman–Crippen LogP) is 1.62. The van der Waals surface area contributed by atoms with E-state index in [2.05, 4.69) is 40.0 Å². The lowest BCUT2D eigenvalue weighted by molar-refractivity contribution is -0.120. The van der Waals surface area contributed by atoms with Gasteiger partial charge in [0.15, 0.2) is 0 Å². The van der Waals surface area contributed by atoms with Crippen molar-refractivity contribution in [1.29, 1.82) is 0 Å². The molecule has 0 bridgehead atoms. The molecule has 0 saturated carbocycles. The molecule has 1 amide bonds. The molecule has 1 N–H and O–H groups in total. The van der Waals surface area contributed by atoms with E-state index in [1.165, 1.54) is 0 Å². The molecule has 0 rings (SSSR count). The van der Waals surface area contributed by atoms with Crippen molar-refractivity contribution in [3.8, 4) is 0 Å². The highest BCUT2D eigenvalue weighted by Gasteiger charge is 2.11. The number of hydrogen-bond acceptors (Lipinski definition) is 2. The standard InChI is InChI=1S/C10H21BrN2O/c1-4-9(11)10(14)12-7-8-13(5-2)6-3/h9H,4-8H2,1-3H3,(H,12,14). The Bertz CT molecular complexity index is 160. The zero-order valence-corrected chi connectivity index (χ0v) is 10.9. The summed E-state index contributed by atoms with van der Waals surface area (Å²) in [4.78, 5) is 13.6. The molecule has 1 unspecified atom stereocenters. The minimum atomic E-state index is -0.0424. The maximum absolute atomic E-state index is 11.4. The van der Waals surface area contributed by atoms with Gasteiger partial charge in [-0.25, -0.2) is 0 Å². The van der Waals surface area contributed by atoms with Gasteiger partial charge in [0, 0.05) is 13.1 Å². The van der Waals surface area contributed by atoms with Crippen molar-refractivity contribution in [2.45, 2.75) is 32.0 Å². The summed E-state index contributed by atoms with van der Waals surface area (Å²) in [5.74, 6) is 0.0969. The number of nitrogens with one attached hydrogen (secondary N) is 1. The summed E-state index contributed by atoms with van der Waals surface area (Å²) in [7, 11) is 0. The fraction of sp³-hybridized carbons (Fsp3) is 0.900. The van der Waals surface area contributed by atoms with Crippen LogP contribution in [0.1, 0.15) is 27.2 Å². The molecule has 0 aliphatic heterocycles.